The lowest BCUT2D eigenvalue weighted by Crippen LogP contribution is -2.32. The number of halogens is 2. The van der Waals surface area contributed by atoms with E-state index in [9.17, 15) is 8.42 Å². The van der Waals surface area contributed by atoms with Crippen molar-refractivity contribution in [1.82, 2.24) is 4.31 Å². The van der Waals surface area contributed by atoms with Gasteiger partial charge in [0.1, 0.15) is 4.90 Å². The van der Waals surface area contributed by atoms with Crippen LogP contribution in [0, 0.1) is 0 Å². The average molecular weight is 401 g/mol. The lowest BCUT2D eigenvalue weighted by Gasteiger charge is -2.22. The van der Waals surface area contributed by atoms with Crippen molar-refractivity contribution in [2.24, 2.45) is 0 Å². The minimum Gasteiger partial charge on any atom is -0.207 e. The van der Waals surface area contributed by atoms with Gasteiger partial charge in [-0.05, 0) is 36.6 Å². The Kier molecular flexibility index (Phi) is 4.59. The minimum absolute atomic E-state index is 0.0740. The molecule has 3 nitrogen and oxygen atoms in total. The van der Waals surface area contributed by atoms with Crippen LogP contribution in [0.4, 0.5) is 0 Å². The van der Waals surface area contributed by atoms with Gasteiger partial charge in [0.2, 0.25) is 10.0 Å². The molecule has 0 radical (unpaired) electrons. The van der Waals surface area contributed by atoms with E-state index in [4.69, 9.17) is 11.6 Å². The van der Waals surface area contributed by atoms with Gasteiger partial charge in [0.05, 0.1) is 5.02 Å². The Morgan fingerprint density at radius 1 is 1.14 bits per heavy atom. The molecule has 6 heteroatoms. The SMILES string of the molecule is O=S(=O)(c1ccc(Br)cc1Cl)N(Cc1ccccc1)C1CC1. The summed E-state index contributed by atoms with van der Waals surface area (Å²) in [5.41, 5.74) is 0.978. The highest BCUT2D eigenvalue weighted by atomic mass is 79.9. The molecule has 0 aromatic heterocycles. The van der Waals surface area contributed by atoms with E-state index in [1.54, 1.807) is 22.5 Å². The van der Waals surface area contributed by atoms with E-state index in [1.807, 2.05) is 30.3 Å². The average Bonchev–Trinajstić information content (AvgIpc) is 3.29. The molecule has 0 aliphatic heterocycles. The molecular weight excluding hydrogens is 386 g/mol. The summed E-state index contributed by atoms with van der Waals surface area (Å²) in [6.45, 7) is 0.375. The highest BCUT2D eigenvalue weighted by molar-refractivity contribution is 9.10. The van der Waals surface area contributed by atoms with Gasteiger partial charge >= 0.3 is 0 Å². The van der Waals surface area contributed by atoms with Gasteiger partial charge in [0, 0.05) is 17.1 Å². The maximum Gasteiger partial charge on any atom is 0.245 e. The molecule has 0 heterocycles. The van der Waals surface area contributed by atoms with Crippen molar-refractivity contribution >= 4 is 37.6 Å². The van der Waals surface area contributed by atoms with Gasteiger partial charge in [0.15, 0.2) is 0 Å². The monoisotopic (exact) mass is 399 g/mol. The Labute approximate surface area is 144 Å². The molecule has 116 valence electrons. The van der Waals surface area contributed by atoms with Crippen molar-refractivity contribution in [3.05, 3.63) is 63.6 Å². The molecule has 0 atom stereocenters. The van der Waals surface area contributed by atoms with E-state index in [1.165, 1.54) is 0 Å². The zero-order valence-electron chi connectivity index (χ0n) is 11.7. The number of nitrogens with zero attached hydrogens (tertiary/aromatic N) is 1. The van der Waals surface area contributed by atoms with E-state index in [0.717, 1.165) is 22.9 Å². The second-order valence-corrected chi connectivity index (χ2v) is 8.52. The lowest BCUT2D eigenvalue weighted by atomic mass is 10.2. The molecular formula is C16H15BrClNO2S. The second-order valence-electron chi connectivity index (χ2n) is 5.34. The molecule has 3 rings (SSSR count). The molecule has 0 bridgehead atoms. The van der Waals surface area contributed by atoms with Crippen molar-refractivity contribution in [3.63, 3.8) is 0 Å². The Balaban J connectivity index is 1.96. The van der Waals surface area contributed by atoms with Crippen molar-refractivity contribution in [3.8, 4) is 0 Å². The zero-order valence-corrected chi connectivity index (χ0v) is 14.9. The number of sulfonamides is 1. The normalized spacial score (nSPS) is 15.2. The van der Waals surface area contributed by atoms with Crippen LogP contribution >= 0.6 is 27.5 Å². The molecule has 1 fully saturated rings. The largest absolute Gasteiger partial charge is 0.245 e. The summed E-state index contributed by atoms with van der Waals surface area (Å²) in [7, 11) is -3.60. The first-order chi connectivity index (χ1) is 10.5. The Hall–Kier alpha value is -0.880. The quantitative estimate of drug-likeness (QED) is 0.743. The third-order valence-corrected chi connectivity index (χ3v) is 6.49. The first-order valence-corrected chi connectivity index (χ1v) is 9.60. The number of hydrogen-bond acceptors (Lipinski definition) is 2. The zero-order chi connectivity index (χ0) is 15.7. The van der Waals surface area contributed by atoms with Crippen molar-refractivity contribution in [2.75, 3.05) is 0 Å². The fourth-order valence-corrected chi connectivity index (χ4v) is 5.03. The predicted molar refractivity (Wildman–Crippen MR) is 91.3 cm³/mol. The summed E-state index contributed by atoms with van der Waals surface area (Å²) in [4.78, 5) is 0.167. The third-order valence-electron chi connectivity index (χ3n) is 3.62. The predicted octanol–water partition coefficient (Wildman–Crippen LogP) is 4.46. The maximum absolute atomic E-state index is 13.0. The van der Waals surface area contributed by atoms with E-state index < -0.39 is 10.0 Å². The molecule has 0 saturated heterocycles. The summed E-state index contributed by atoms with van der Waals surface area (Å²) in [5, 5.41) is 0.244. The van der Waals surface area contributed by atoms with Crippen LogP contribution in [-0.4, -0.2) is 18.8 Å². The van der Waals surface area contributed by atoms with Crippen LogP contribution in [0.5, 0.6) is 0 Å². The molecule has 1 aliphatic carbocycles. The molecule has 1 saturated carbocycles. The first kappa shape index (κ1) is 16.0. The van der Waals surface area contributed by atoms with E-state index in [0.29, 0.717) is 6.54 Å². The Morgan fingerprint density at radius 2 is 1.82 bits per heavy atom. The van der Waals surface area contributed by atoms with Gasteiger partial charge in [-0.15, -0.1) is 0 Å². The standard InChI is InChI=1S/C16H15BrClNO2S/c17-13-6-9-16(15(18)10-13)22(20,21)19(14-7-8-14)11-12-4-2-1-3-5-12/h1-6,9-10,14H,7-8,11H2. The van der Waals surface area contributed by atoms with Crippen LogP contribution < -0.4 is 0 Å². The Morgan fingerprint density at radius 3 is 2.41 bits per heavy atom. The Bertz CT molecular complexity index is 776. The molecule has 0 spiro atoms. The van der Waals surface area contributed by atoms with Crippen LogP contribution in [0.15, 0.2) is 57.9 Å². The molecule has 2 aromatic carbocycles. The summed E-state index contributed by atoms with van der Waals surface area (Å²) >= 11 is 9.45. The highest BCUT2D eigenvalue weighted by Gasteiger charge is 2.38. The molecule has 1 aliphatic rings. The van der Waals surface area contributed by atoms with Crippen LogP contribution in [0.25, 0.3) is 0 Å². The van der Waals surface area contributed by atoms with E-state index in [-0.39, 0.29) is 16.0 Å². The summed E-state index contributed by atoms with van der Waals surface area (Å²) in [6.07, 6.45) is 1.81. The smallest absolute Gasteiger partial charge is 0.207 e. The first-order valence-electron chi connectivity index (χ1n) is 6.99. The van der Waals surface area contributed by atoms with Crippen LogP contribution in [0.1, 0.15) is 18.4 Å². The van der Waals surface area contributed by atoms with Gasteiger partial charge in [-0.1, -0.05) is 57.9 Å². The van der Waals surface area contributed by atoms with E-state index >= 15 is 0 Å². The van der Waals surface area contributed by atoms with Gasteiger partial charge in [-0.25, -0.2) is 8.42 Å². The number of rotatable bonds is 5. The second kappa shape index (κ2) is 6.32. The third kappa shape index (κ3) is 3.38. The fourth-order valence-electron chi connectivity index (χ4n) is 2.35. The molecule has 0 amide bonds. The summed E-state index contributed by atoms with van der Waals surface area (Å²) < 4.78 is 28.3. The van der Waals surface area contributed by atoms with Gasteiger partial charge in [0.25, 0.3) is 0 Å². The van der Waals surface area contributed by atoms with Crippen LogP contribution in [0.2, 0.25) is 5.02 Å². The summed E-state index contributed by atoms with van der Waals surface area (Å²) in [6, 6.07) is 14.6. The number of hydrogen-bond donors (Lipinski definition) is 0. The highest BCUT2D eigenvalue weighted by Crippen LogP contribution is 2.36. The molecule has 0 unspecified atom stereocenters. The topological polar surface area (TPSA) is 37.4 Å². The van der Waals surface area contributed by atoms with Crippen molar-refractivity contribution < 1.29 is 8.42 Å². The van der Waals surface area contributed by atoms with Crippen LogP contribution in [0.3, 0.4) is 0 Å². The van der Waals surface area contributed by atoms with Crippen molar-refractivity contribution in [1.29, 1.82) is 0 Å². The fraction of sp³-hybridized carbons (Fsp3) is 0.250. The van der Waals surface area contributed by atoms with Gasteiger partial charge < -0.3 is 0 Å². The summed E-state index contributed by atoms with van der Waals surface area (Å²) in [5.74, 6) is 0. The number of benzene rings is 2. The van der Waals surface area contributed by atoms with E-state index in [2.05, 4.69) is 15.9 Å². The molecule has 2 aromatic rings. The van der Waals surface area contributed by atoms with Crippen molar-refractivity contribution in [2.45, 2.75) is 30.3 Å². The van der Waals surface area contributed by atoms with Gasteiger partial charge in [-0.2, -0.15) is 4.31 Å². The molecule has 0 N–H and O–H groups in total. The molecule has 22 heavy (non-hydrogen) atoms. The maximum atomic E-state index is 13.0. The lowest BCUT2D eigenvalue weighted by molar-refractivity contribution is 0.398. The minimum atomic E-state index is -3.60. The van der Waals surface area contributed by atoms with Gasteiger partial charge in [-0.3, -0.25) is 0 Å². The van der Waals surface area contributed by atoms with Crippen LogP contribution in [-0.2, 0) is 16.6 Å².